The molecule has 0 aromatic heterocycles. The maximum Gasteiger partial charge on any atom is 0.124 e. The van der Waals surface area contributed by atoms with Gasteiger partial charge in [0, 0.05) is 6.42 Å². The fourth-order valence-electron chi connectivity index (χ4n) is 1.64. The lowest BCUT2D eigenvalue weighted by atomic mass is 10.2. The largest absolute Gasteiger partial charge is 0.488 e. The minimum atomic E-state index is 0.252. The van der Waals surface area contributed by atoms with Gasteiger partial charge in [-0.3, -0.25) is 0 Å². The molecule has 0 N–H and O–H groups in total. The van der Waals surface area contributed by atoms with Gasteiger partial charge in [0.1, 0.15) is 11.9 Å². The Bertz CT molecular complexity index is 290. The third kappa shape index (κ3) is 2.26. The lowest BCUT2D eigenvalue weighted by Crippen LogP contribution is -2.15. The molecule has 0 saturated carbocycles. The summed E-state index contributed by atoms with van der Waals surface area (Å²) >= 11 is 0. The van der Waals surface area contributed by atoms with E-state index in [-0.39, 0.29) is 6.10 Å². The molecule has 0 spiro atoms. The van der Waals surface area contributed by atoms with Crippen LogP contribution < -0.4 is 4.74 Å². The van der Waals surface area contributed by atoms with Crippen LogP contribution in [0.5, 0.6) is 5.75 Å². The number of rotatable bonds is 3. The first-order valence-corrected chi connectivity index (χ1v) is 5.22. The highest BCUT2D eigenvalue weighted by molar-refractivity contribution is 5.28. The summed E-state index contributed by atoms with van der Waals surface area (Å²) in [5, 5.41) is 0. The molecule has 0 bridgehead atoms. The third-order valence-corrected chi connectivity index (χ3v) is 2.50. The van der Waals surface area contributed by atoms with Crippen molar-refractivity contribution in [3.8, 4) is 5.75 Å². The average molecular weight is 192 g/mol. The zero-order chi connectivity index (χ0) is 9.80. The van der Waals surface area contributed by atoms with Crippen molar-refractivity contribution < 1.29 is 9.47 Å². The number of aryl methyl sites for hydroxylation is 1. The van der Waals surface area contributed by atoms with Crippen LogP contribution in [0, 0.1) is 0 Å². The van der Waals surface area contributed by atoms with E-state index in [1.54, 1.807) is 0 Å². The van der Waals surface area contributed by atoms with Crippen LogP contribution in [0.25, 0.3) is 0 Å². The van der Waals surface area contributed by atoms with E-state index in [0.29, 0.717) is 0 Å². The second-order valence-electron chi connectivity index (χ2n) is 3.60. The van der Waals surface area contributed by atoms with Gasteiger partial charge in [0.2, 0.25) is 0 Å². The number of ether oxygens (including phenoxy) is 2. The van der Waals surface area contributed by atoms with Gasteiger partial charge in [-0.1, -0.05) is 19.1 Å². The molecule has 1 saturated heterocycles. The fraction of sp³-hybridized carbons (Fsp3) is 0.500. The van der Waals surface area contributed by atoms with Gasteiger partial charge in [-0.2, -0.15) is 0 Å². The molecule has 0 radical (unpaired) electrons. The van der Waals surface area contributed by atoms with Crippen molar-refractivity contribution in [1.29, 1.82) is 0 Å². The van der Waals surface area contributed by atoms with Crippen molar-refractivity contribution in [3.63, 3.8) is 0 Å². The van der Waals surface area contributed by atoms with Gasteiger partial charge in [0.15, 0.2) is 0 Å². The summed E-state index contributed by atoms with van der Waals surface area (Å²) in [7, 11) is 0. The number of benzene rings is 1. The van der Waals surface area contributed by atoms with E-state index in [9.17, 15) is 0 Å². The Morgan fingerprint density at radius 2 is 2.43 bits per heavy atom. The minimum Gasteiger partial charge on any atom is -0.488 e. The Labute approximate surface area is 84.8 Å². The molecular weight excluding hydrogens is 176 g/mol. The zero-order valence-corrected chi connectivity index (χ0v) is 8.53. The lowest BCUT2D eigenvalue weighted by molar-refractivity contribution is 0.141. The summed E-state index contributed by atoms with van der Waals surface area (Å²) in [5.41, 5.74) is 1.32. The van der Waals surface area contributed by atoms with E-state index in [1.807, 2.05) is 12.1 Å². The minimum absolute atomic E-state index is 0.252. The number of hydrogen-bond acceptors (Lipinski definition) is 2. The Morgan fingerprint density at radius 1 is 1.50 bits per heavy atom. The summed E-state index contributed by atoms with van der Waals surface area (Å²) in [6.45, 7) is 3.71. The molecule has 1 aliphatic rings. The van der Waals surface area contributed by atoms with Gasteiger partial charge in [0.05, 0.1) is 13.2 Å². The molecule has 1 fully saturated rings. The molecule has 76 valence electrons. The summed E-state index contributed by atoms with van der Waals surface area (Å²) in [4.78, 5) is 0. The van der Waals surface area contributed by atoms with Crippen LogP contribution >= 0.6 is 0 Å². The quantitative estimate of drug-likeness (QED) is 0.732. The van der Waals surface area contributed by atoms with Crippen LogP contribution in [0.4, 0.5) is 0 Å². The molecule has 1 aromatic rings. The van der Waals surface area contributed by atoms with Crippen LogP contribution in [-0.4, -0.2) is 19.3 Å². The van der Waals surface area contributed by atoms with E-state index in [4.69, 9.17) is 9.47 Å². The highest BCUT2D eigenvalue weighted by Crippen LogP contribution is 2.18. The molecule has 0 aliphatic carbocycles. The Kier molecular flexibility index (Phi) is 3.04. The van der Waals surface area contributed by atoms with Gasteiger partial charge >= 0.3 is 0 Å². The van der Waals surface area contributed by atoms with Crippen molar-refractivity contribution in [1.82, 2.24) is 0 Å². The summed E-state index contributed by atoms with van der Waals surface area (Å²) in [6, 6.07) is 8.29. The van der Waals surface area contributed by atoms with Gasteiger partial charge in [-0.25, -0.2) is 0 Å². The Balaban J connectivity index is 2.00. The fourth-order valence-corrected chi connectivity index (χ4v) is 1.64. The Morgan fingerprint density at radius 3 is 3.14 bits per heavy atom. The number of hydrogen-bond donors (Lipinski definition) is 0. The molecule has 2 heteroatoms. The third-order valence-electron chi connectivity index (χ3n) is 2.50. The Hall–Kier alpha value is -1.02. The van der Waals surface area contributed by atoms with E-state index >= 15 is 0 Å². The molecule has 1 heterocycles. The molecule has 2 nitrogen and oxygen atoms in total. The maximum atomic E-state index is 5.79. The first-order chi connectivity index (χ1) is 6.88. The lowest BCUT2D eigenvalue weighted by Gasteiger charge is -2.12. The van der Waals surface area contributed by atoms with E-state index in [0.717, 1.165) is 31.8 Å². The normalized spacial score (nSPS) is 21.1. The molecule has 1 aromatic carbocycles. The highest BCUT2D eigenvalue weighted by Gasteiger charge is 2.16. The summed E-state index contributed by atoms with van der Waals surface area (Å²) in [6.07, 6.45) is 2.32. The second kappa shape index (κ2) is 4.47. The molecule has 14 heavy (non-hydrogen) atoms. The van der Waals surface area contributed by atoms with E-state index in [1.165, 1.54) is 5.56 Å². The predicted molar refractivity (Wildman–Crippen MR) is 55.7 cm³/mol. The van der Waals surface area contributed by atoms with Crippen molar-refractivity contribution in [3.05, 3.63) is 29.8 Å². The molecule has 1 atom stereocenters. The highest BCUT2D eigenvalue weighted by atomic mass is 16.5. The van der Waals surface area contributed by atoms with E-state index in [2.05, 4.69) is 19.1 Å². The standard InChI is InChI=1S/C12H16O2/c1-2-10-4-3-5-11(8-10)14-12-6-7-13-9-12/h3-5,8,12H,2,6-7,9H2,1H3. The first kappa shape index (κ1) is 9.53. The van der Waals surface area contributed by atoms with Crippen LogP contribution in [-0.2, 0) is 11.2 Å². The first-order valence-electron chi connectivity index (χ1n) is 5.22. The smallest absolute Gasteiger partial charge is 0.124 e. The van der Waals surface area contributed by atoms with Gasteiger partial charge < -0.3 is 9.47 Å². The second-order valence-corrected chi connectivity index (χ2v) is 3.60. The monoisotopic (exact) mass is 192 g/mol. The van der Waals surface area contributed by atoms with Gasteiger partial charge in [-0.15, -0.1) is 0 Å². The van der Waals surface area contributed by atoms with E-state index < -0.39 is 0 Å². The van der Waals surface area contributed by atoms with Gasteiger partial charge in [0.25, 0.3) is 0 Å². The van der Waals surface area contributed by atoms with Crippen LogP contribution in [0.3, 0.4) is 0 Å². The molecule has 1 aliphatic heterocycles. The molecule has 0 amide bonds. The van der Waals surface area contributed by atoms with Crippen molar-refractivity contribution in [2.24, 2.45) is 0 Å². The molecule has 2 rings (SSSR count). The van der Waals surface area contributed by atoms with Crippen molar-refractivity contribution in [2.45, 2.75) is 25.9 Å². The van der Waals surface area contributed by atoms with Crippen molar-refractivity contribution >= 4 is 0 Å². The average Bonchev–Trinajstić information content (AvgIpc) is 2.71. The van der Waals surface area contributed by atoms with Crippen LogP contribution in [0.15, 0.2) is 24.3 Å². The topological polar surface area (TPSA) is 18.5 Å². The predicted octanol–water partition coefficient (Wildman–Crippen LogP) is 2.42. The summed E-state index contributed by atoms with van der Waals surface area (Å²) < 4.78 is 11.1. The van der Waals surface area contributed by atoms with Gasteiger partial charge in [-0.05, 0) is 24.1 Å². The van der Waals surface area contributed by atoms with Crippen LogP contribution in [0.1, 0.15) is 18.9 Å². The zero-order valence-electron chi connectivity index (χ0n) is 8.53. The maximum absolute atomic E-state index is 5.79. The van der Waals surface area contributed by atoms with Crippen LogP contribution in [0.2, 0.25) is 0 Å². The molecular formula is C12H16O2. The molecule has 1 unspecified atom stereocenters. The SMILES string of the molecule is CCc1cccc(OC2CCOC2)c1. The summed E-state index contributed by atoms with van der Waals surface area (Å²) in [5.74, 6) is 0.972. The van der Waals surface area contributed by atoms with Crippen molar-refractivity contribution in [2.75, 3.05) is 13.2 Å².